The van der Waals surface area contributed by atoms with Crippen molar-refractivity contribution >= 4 is 23.4 Å². The lowest BCUT2D eigenvalue weighted by molar-refractivity contribution is 1.32. The maximum absolute atomic E-state index is 4.52. The molecule has 0 aliphatic rings. The van der Waals surface area contributed by atoms with Crippen molar-refractivity contribution in [1.82, 2.24) is 4.98 Å². The molecule has 3 heteroatoms. The molecule has 0 radical (unpaired) electrons. The predicted octanol–water partition coefficient (Wildman–Crippen LogP) is 4.13. The number of aromatic nitrogens is 1. The lowest BCUT2D eigenvalue weighted by atomic mass is 10.2. The Labute approximate surface area is 107 Å². The molecule has 2 N–H and O–H groups in total. The maximum atomic E-state index is 4.52. The summed E-state index contributed by atoms with van der Waals surface area (Å²) in [4.78, 5) is 7.67. The van der Waals surface area contributed by atoms with Crippen LogP contribution in [0.3, 0.4) is 0 Å². The van der Waals surface area contributed by atoms with Crippen molar-refractivity contribution < 1.29 is 0 Å². The number of amidine groups is 1. The highest BCUT2D eigenvalue weighted by Crippen LogP contribution is 2.22. The van der Waals surface area contributed by atoms with Crippen LogP contribution in [-0.2, 0) is 0 Å². The van der Waals surface area contributed by atoms with Crippen molar-refractivity contribution in [3.63, 3.8) is 0 Å². The molecule has 0 amide bonds. The fourth-order valence-electron chi connectivity index (χ4n) is 1.80. The van der Waals surface area contributed by atoms with E-state index in [1.54, 1.807) is 0 Å². The number of aromatic amines is 1. The first-order valence-corrected chi connectivity index (χ1v) is 5.88. The molecule has 1 heterocycles. The molecule has 3 nitrogen and oxygen atoms in total. The molecule has 0 atom stereocenters. The van der Waals surface area contributed by atoms with E-state index in [0.29, 0.717) is 0 Å². The van der Waals surface area contributed by atoms with Crippen molar-refractivity contribution in [3.8, 4) is 0 Å². The number of hydrogen-bond donors (Lipinski definition) is 2. The summed E-state index contributed by atoms with van der Waals surface area (Å²) in [6, 6.07) is 9.98. The van der Waals surface area contributed by atoms with Crippen molar-refractivity contribution in [1.29, 1.82) is 0 Å². The summed E-state index contributed by atoms with van der Waals surface area (Å²) in [5, 5.41) is 3.25. The van der Waals surface area contributed by atoms with Crippen molar-refractivity contribution in [2.45, 2.75) is 13.8 Å². The monoisotopic (exact) mass is 239 g/mol. The van der Waals surface area contributed by atoms with Crippen LogP contribution in [0.4, 0.5) is 11.5 Å². The second kappa shape index (κ2) is 5.36. The van der Waals surface area contributed by atoms with Crippen LogP contribution in [0.1, 0.15) is 18.1 Å². The summed E-state index contributed by atoms with van der Waals surface area (Å²) in [7, 11) is 0. The first-order chi connectivity index (χ1) is 8.70. The van der Waals surface area contributed by atoms with Crippen LogP contribution in [0.2, 0.25) is 0 Å². The number of hydrogen-bond acceptors (Lipinski definition) is 1. The second-order valence-corrected chi connectivity index (χ2v) is 4.13. The molecule has 0 unspecified atom stereocenters. The van der Waals surface area contributed by atoms with Gasteiger partial charge in [0.05, 0.1) is 0 Å². The van der Waals surface area contributed by atoms with Crippen LogP contribution in [0.25, 0.3) is 6.08 Å². The molecular weight excluding hydrogens is 222 g/mol. The normalized spacial score (nSPS) is 11.3. The predicted molar refractivity (Wildman–Crippen MR) is 78.5 cm³/mol. The zero-order valence-electron chi connectivity index (χ0n) is 10.7. The first kappa shape index (κ1) is 12.2. The van der Waals surface area contributed by atoms with E-state index in [1.807, 2.05) is 56.5 Å². The Balaban J connectivity index is 2.20. The number of aliphatic imine (C=N–C) groups is 1. The fraction of sp³-hybridized carbons (Fsp3) is 0.133. The summed E-state index contributed by atoms with van der Waals surface area (Å²) >= 11 is 0. The molecule has 0 bridgehead atoms. The third kappa shape index (κ3) is 2.69. The molecule has 2 rings (SSSR count). The van der Waals surface area contributed by atoms with Crippen LogP contribution >= 0.6 is 0 Å². The van der Waals surface area contributed by atoms with E-state index < -0.39 is 0 Å². The minimum Gasteiger partial charge on any atom is -0.346 e. The molecule has 1 aromatic carbocycles. The number of nitrogens with zero attached hydrogens (tertiary/aromatic N) is 1. The standard InChI is InChI=1S/C15H17N3/c1-4-14-11(2)10-16-15(14)18-12(3)17-13-8-6-5-7-9-13/h4-10,16H,1H2,2-3H3,(H,17,18). The van der Waals surface area contributed by atoms with Crippen LogP contribution in [0.5, 0.6) is 0 Å². The van der Waals surface area contributed by atoms with Gasteiger partial charge in [-0.25, -0.2) is 4.99 Å². The van der Waals surface area contributed by atoms with E-state index >= 15 is 0 Å². The highest BCUT2D eigenvalue weighted by molar-refractivity contribution is 5.95. The number of aryl methyl sites for hydroxylation is 1. The number of rotatable bonds is 3. The Morgan fingerprint density at radius 3 is 2.72 bits per heavy atom. The van der Waals surface area contributed by atoms with Crippen LogP contribution < -0.4 is 5.32 Å². The van der Waals surface area contributed by atoms with Gasteiger partial charge in [0.1, 0.15) is 11.7 Å². The summed E-state index contributed by atoms with van der Waals surface area (Å²) < 4.78 is 0. The van der Waals surface area contributed by atoms with Gasteiger partial charge in [-0.15, -0.1) is 0 Å². The summed E-state index contributed by atoms with van der Waals surface area (Å²) in [5.74, 6) is 1.68. The summed E-state index contributed by atoms with van der Waals surface area (Å²) in [6.45, 7) is 7.78. The molecule has 1 aromatic heterocycles. The minimum atomic E-state index is 0.837. The number of anilines is 1. The molecule has 2 aromatic rings. The third-order valence-electron chi connectivity index (χ3n) is 2.69. The molecule has 0 saturated carbocycles. The number of benzene rings is 1. The van der Waals surface area contributed by atoms with Gasteiger partial charge in [-0.05, 0) is 31.5 Å². The summed E-state index contributed by atoms with van der Waals surface area (Å²) in [5.41, 5.74) is 3.22. The van der Waals surface area contributed by atoms with Crippen molar-refractivity contribution in [2.24, 2.45) is 4.99 Å². The van der Waals surface area contributed by atoms with E-state index in [0.717, 1.165) is 28.5 Å². The fourth-order valence-corrected chi connectivity index (χ4v) is 1.80. The molecule has 92 valence electrons. The van der Waals surface area contributed by atoms with Gasteiger partial charge in [-0.2, -0.15) is 0 Å². The molecule has 0 aliphatic heterocycles. The Morgan fingerprint density at radius 2 is 2.06 bits per heavy atom. The van der Waals surface area contributed by atoms with Crippen LogP contribution in [0.15, 0.2) is 48.1 Å². The minimum absolute atomic E-state index is 0.837. The quantitative estimate of drug-likeness (QED) is 0.613. The van der Waals surface area contributed by atoms with E-state index in [4.69, 9.17) is 0 Å². The Bertz CT molecular complexity index is 565. The van der Waals surface area contributed by atoms with Crippen LogP contribution in [-0.4, -0.2) is 10.8 Å². The van der Waals surface area contributed by atoms with E-state index in [1.165, 1.54) is 0 Å². The highest BCUT2D eigenvalue weighted by Gasteiger charge is 2.04. The van der Waals surface area contributed by atoms with Gasteiger partial charge in [-0.1, -0.05) is 30.9 Å². The summed E-state index contributed by atoms with van der Waals surface area (Å²) in [6.07, 6.45) is 3.76. The maximum Gasteiger partial charge on any atom is 0.139 e. The van der Waals surface area contributed by atoms with Gasteiger partial charge < -0.3 is 10.3 Å². The average Bonchev–Trinajstić information content (AvgIpc) is 2.71. The zero-order valence-corrected chi connectivity index (χ0v) is 10.7. The van der Waals surface area contributed by atoms with Gasteiger partial charge in [0, 0.05) is 17.4 Å². The van der Waals surface area contributed by atoms with E-state index in [2.05, 4.69) is 21.9 Å². The number of para-hydroxylation sites is 1. The molecular formula is C15H17N3. The first-order valence-electron chi connectivity index (χ1n) is 5.88. The number of H-pyrrole nitrogens is 1. The van der Waals surface area contributed by atoms with Gasteiger partial charge in [0.15, 0.2) is 0 Å². The highest BCUT2D eigenvalue weighted by atomic mass is 15.0. The molecule has 0 aliphatic carbocycles. The smallest absolute Gasteiger partial charge is 0.139 e. The zero-order chi connectivity index (χ0) is 13.0. The molecule has 0 fully saturated rings. The van der Waals surface area contributed by atoms with Crippen molar-refractivity contribution in [2.75, 3.05) is 5.32 Å². The molecule has 0 saturated heterocycles. The second-order valence-electron chi connectivity index (χ2n) is 4.13. The Hall–Kier alpha value is -2.29. The molecule has 0 spiro atoms. The van der Waals surface area contributed by atoms with Gasteiger partial charge in [-0.3, -0.25) is 0 Å². The van der Waals surface area contributed by atoms with Crippen LogP contribution in [0, 0.1) is 6.92 Å². The topological polar surface area (TPSA) is 40.2 Å². The third-order valence-corrected chi connectivity index (χ3v) is 2.69. The van der Waals surface area contributed by atoms with Gasteiger partial charge in [0.25, 0.3) is 0 Å². The van der Waals surface area contributed by atoms with E-state index in [-0.39, 0.29) is 0 Å². The van der Waals surface area contributed by atoms with Gasteiger partial charge >= 0.3 is 0 Å². The number of nitrogens with one attached hydrogen (secondary N) is 2. The largest absolute Gasteiger partial charge is 0.346 e. The van der Waals surface area contributed by atoms with E-state index in [9.17, 15) is 0 Å². The lowest BCUT2D eigenvalue weighted by Crippen LogP contribution is -2.06. The Morgan fingerprint density at radius 1 is 1.33 bits per heavy atom. The molecule has 18 heavy (non-hydrogen) atoms. The van der Waals surface area contributed by atoms with Gasteiger partial charge in [0.2, 0.25) is 0 Å². The Kier molecular flexibility index (Phi) is 3.63. The van der Waals surface area contributed by atoms with Crippen molar-refractivity contribution in [3.05, 3.63) is 54.2 Å². The SMILES string of the molecule is C=Cc1c(C)c[nH]c1/N=C(\C)Nc1ccccc1. The lowest BCUT2D eigenvalue weighted by Gasteiger charge is -2.05. The average molecular weight is 239 g/mol.